The summed E-state index contributed by atoms with van der Waals surface area (Å²) in [6.45, 7) is 8.44. The van der Waals surface area contributed by atoms with Crippen LogP contribution in [0.4, 0.5) is 0 Å². The number of hydrogen-bond donors (Lipinski definition) is 2. The predicted octanol–water partition coefficient (Wildman–Crippen LogP) is 2.39. The van der Waals surface area contributed by atoms with Crippen molar-refractivity contribution in [1.29, 1.82) is 0 Å². The van der Waals surface area contributed by atoms with Crippen LogP contribution in [0.2, 0.25) is 0 Å². The molecule has 3 N–H and O–H groups in total. The van der Waals surface area contributed by atoms with Crippen molar-refractivity contribution in [2.75, 3.05) is 19.9 Å². The lowest BCUT2D eigenvalue weighted by Gasteiger charge is -2.26. The topological polar surface area (TPSA) is 99.9 Å². The maximum atomic E-state index is 12.3. The van der Waals surface area contributed by atoms with Gasteiger partial charge in [0.25, 0.3) is 0 Å². The van der Waals surface area contributed by atoms with E-state index in [-0.39, 0.29) is 12.7 Å². The molecule has 0 aromatic heterocycles. The minimum atomic E-state index is -0.868. The summed E-state index contributed by atoms with van der Waals surface area (Å²) in [7, 11) is 0. The highest BCUT2D eigenvalue weighted by Gasteiger charge is 2.26. The van der Waals surface area contributed by atoms with Crippen molar-refractivity contribution in [2.24, 2.45) is 5.73 Å². The van der Waals surface area contributed by atoms with Gasteiger partial charge in [0.15, 0.2) is 0 Å². The van der Waals surface area contributed by atoms with Crippen molar-refractivity contribution in [3.63, 3.8) is 0 Å². The second kappa shape index (κ2) is 9.19. The number of piperidine rings is 1. The largest absolute Gasteiger partial charge is 0.459 e. The SMILES string of the molecule is CC(=O)OCOc1ccc(C(N)C(=O)OC(C)(C)C)cc1C1CCNCC1. The fourth-order valence-corrected chi connectivity index (χ4v) is 3.02. The van der Waals surface area contributed by atoms with E-state index in [2.05, 4.69) is 5.32 Å². The molecular weight excluding hydrogens is 348 g/mol. The molecule has 150 valence electrons. The van der Waals surface area contributed by atoms with Crippen molar-refractivity contribution in [3.8, 4) is 5.75 Å². The Morgan fingerprint density at radius 2 is 1.93 bits per heavy atom. The standard InChI is InChI=1S/C20H30N2O5/c1-13(23)25-12-26-17-6-5-15(18(21)19(24)27-20(2,3)4)11-16(17)14-7-9-22-10-8-14/h5-6,11,14,18,22H,7-10,12,21H2,1-4H3. The molecule has 0 amide bonds. The van der Waals surface area contributed by atoms with Crippen LogP contribution in [0.3, 0.4) is 0 Å². The molecule has 1 fully saturated rings. The van der Waals surface area contributed by atoms with Crippen LogP contribution in [0.1, 0.15) is 63.6 Å². The van der Waals surface area contributed by atoms with Gasteiger partial charge in [-0.05, 0) is 75.9 Å². The molecule has 1 aliphatic rings. The normalized spacial score (nSPS) is 16.5. The molecule has 1 unspecified atom stereocenters. The Kier molecular flexibility index (Phi) is 7.21. The number of ether oxygens (including phenoxy) is 3. The first-order chi connectivity index (χ1) is 12.7. The molecule has 0 bridgehead atoms. The van der Waals surface area contributed by atoms with Gasteiger partial charge < -0.3 is 25.3 Å². The molecule has 1 heterocycles. The van der Waals surface area contributed by atoms with Crippen LogP contribution in [0.15, 0.2) is 18.2 Å². The van der Waals surface area contributed by atoms with E-state index >= 15 is 0 Å². The van der Waals surface area contributed by atoms with E-state index in [0.29, 0.717) is 11.3 Å². The average Bonchev–Trinajstić information content (AvgIpc) is 2.60. The Morgan fingerprint density at radius 3 is 2.52 bits per heavy atom. The van der Waals surface area contributed by atoms with Gasteiger partial charge in [-0.3, -0.25) is 4.79 Å². The highest BCUT2D eigenvalue weighted by Crippen LogP contribution is 2.35. The first kappa shape index (κ1) is 21.2. The summed E-state index contributed by atoms with van der Waals surface area (Å²) in [5, 5.41) is 3.33. The lowest BCUT2D eigenvalue weighted by Crippen LogP contribution is -2.32. The van der Waals surface area contributed by atoms with Crippen LogP contribution in [0.5, 0.6) is 5.75 Å². The van der Waals surface area contributed by atoms with E-state index in [0.717, 1.165) is 31.5 Å². The van der Waals surface area contributed by atoms with Crippen molar-refractivity contribution in [2.45, 2.75) is 58.1 Å². The van der Waals surface area contributed by atoms with Crippen LogP contribution in [0, 0.1) is 0 Å². The van der Waals surface area contributed by atoms with Gasteiger partial charge in [-0.15, -0.1) is 0 Å². The molecule has 1 aromatic carbocycles. The van der Waals surface area contributed by atoms with E-state index in [1.165, 1.54) is 6.92 Å². The zero-order valence-corrected chi connectivity index (χ0v) is 16.5. The van der Waals surface area contributed by atoms with Gasteiger partial charge in [0.2, 0.25) is 6.79 Å². The van der Waals surface area contributed by atoms with Crippen molar-refractivity contribution in [3.05, 3.63) is 29.3 Å². The molecule has 0 aliphatic carbocycles. The minimum Gasteiger partial charge on any atom is -0.459 e. The van der Waals surface area contributed by atoms with Gasteiger partial charge in [-0.2, -0.15) is 0 Å². The molecule has 1 aromatic rings. The van der Waals surface area contributed by atoms with Crippen molar-refractivity contribution in [1.82, 2.24) is 5.32 Å². The maximum Gasteiger partial charge on any atom is 0.328 e. The number of nitrogens with one attached hydrogen (secondary N) is 1. The summed E-state index contributed by atoms with van der Waals surface area (Å²) in [6.07, 6.45) is 1.91. The monoisotopic (exact) mass is 378 g/mol. The molecule has 0 saturated carbocycles. The fraction of sp³-hybridized carbons (Fsp3) is 0.600. The summed E-state index contributed by atoms with van der Waals surface area (Å²) in [6, 6.07) is 4.57. The number of carbonyl (C=O) groups excluding carboxylic acids is 2. The van der Waals surface area contributed by atoms with Crippen LogP contribution < -0.4 is 15.8 Å². The third kappa shape index (κ3) is 6.52. The lowest BCUT2D eigenvalue weighted by molar-refractivity contribution is -0.156. The zero-order chi connectivity index (χ0) is 20.0. The van der Waals surface area contributed by atoms with Crippen molar-refractivity contribution >= 4 is 11.9 Å². The van der Waals surface area contributed by atoms with Gasteiger partial charge in [-0.25, -0.2) is 4.79 Å². The lowest BCUT2D eigenvalue weighted by atomic mass is 9.87. The number of rotatable bonds is 6. The summed E-state index contributed by atoms with van der Waals surface area (Å²) in [4.78, 5) is 23.3. The third-order valence-corrected chi connectivity index (χ3v) is 4.31. The second-order valence-corrected chi connectivity index (χ2v) is 7.73. The Balaban J connectivity index is 2.23. The fourth-order valence-electron chi connectivity index (χ4n) is 3.02. The van der Waals surface area contributed by atoms with Gasteiger partial charge in [0, 0.05) is 6.92 Å². The van der Waals surface area contributed by atoms with Crippen LogP contribution in [-0.4, -0.2) is 37.4 Å². The molecule has 1 saturated heterocycles. The third-order valence-electron chi connectivity index (χ3n) is 4.31. The highest BCUT2D eigenvalue weighted by atomic mass is 16.7. The number of carbonyl (C=O) groups is 2. The first-order valence-corrected chi connectivity index (χ1v) is 9.26. The molecule has 0 radical (unpaired) electrons. The molecule has 7 heteroatoms. The summed E-state index contributed by atoms with van der Waals surface area (Å²) in [5.74, 6) is 0.0574. The van der Waals surface area contributed by atoms with Gasteiger partial charge in [0.1, 0.15) is 17.4 Å². The molecule has 27 heavy (non-hydrogen) atoms. The minimum absolute atomic E-state index is 0.148. The number of benzene rings is 1. The molecule has 1 aliphatic heterocycles. The quantitative estimate of drug-likeness (QED) is 0.579. The summed E-state index contributed by atoms with van der Waals surface area (Å²) >= 11 is 0. The zero-order valence-electron chi connectivity index (χ0n) is 16.5. The highest BCUT2D eigenvalue weighted by molar-refractivity contribution is 5.78. The second-order valence-electron chi connectivity index (χ2n) is 7.73. The van der Waals surface area contributed by atoms with Crippen LogP contribution in [0.25, 0.3) is 0 Å². The smallest absolute Gasteiger partial charge is 0.328 e. The number of esters is 2. The maximum absolute atomic E-state index is 12.3. The van der Waals surface area contributed by atoms with E-state index < -0.39 is 23.6 Å². The number of nitrogens with two attached hydrogens (primary N) is 1. The first-order valence-electron chi connectivity index (χ1n) is 9.26. The number of hydrogen-bond acceptors (Lipinski definition) is 7. The molecule has 2 rings (SSSR count). The van der Waals surface area contributed by atoms with E-state index in [4.69, 9.17) is 19.9 Å². The van der Waals surface area contributed by atoms with Crippen LogP contribution in [-0.2, 0) is 19.1 Å². The summed E-state index contributed by atoms with van der Waals surface area (Å²) in [5.41, 5.74) is 7.19. The average molecular weight is 378 g/mol. The van der Waals surface area contributed by atoms with E-state index in [9.17, 15) is 9.59 Å². The van der Waals surface area contributed by atoms with E-state index in [1.807, 2.05) is 26.8 Å². The van der Waals surface area contributed by atoms with Gasteiger partial charge >= 0.3 is 11.9 Å². The Bertz CT molecular complexity index is 663. The Morgan fingerprint density at radius 1 is 1.26 bits per heavy atom. The molecule has 0 spiro atoms. The Labute approximate surface area is 160 Å². The molecule has 1 atom stereocenters. The van der Waals surface area contributed by atoms with E-state index in [1.54, 1.807) is 12.1 Å². The Hall–Kier alpha value is -2.12. The molecular formula is C20H30N2O5. The van der Waals surface area contributed by atoms with Gasteiger partial charge in [-0.1, -0.05) is 6.07 Å². The van der Waals surface area contributed by atoms with Crippen molar-refractivity contribution < 1.29 is 23.8 Å². The summed E-state index contributed by atoms with van der Waals surface area (Å²) < 4.78 is 15.9. The molecule has 7 nitrogen and oxygen atoms in total. The van der Waals surface area contributed by atoms with Crippen LogP contribution >= 0.6 is 0 Å². The van der Waals surface area contributed by atoms with Gasteiger partial charge in [0.05, 0.1) is 0 Å². The predicted molar refractivity (Wildman–Crippen MR) is 101 cm³/mol.